The smallest absolute Gasteiger partial charge is 0.267 e. The standard InChI is InChI=1S/C12H8BrF3N2O2S/c13-7-4-6(14)5-9(16)11(7)18-21(19,20)12-8(15)2-1-3-10(12)17/h1-5,18H,17H2. The fraction of sp³-hybridized carbons (Fsp3) is 0. The zero-order chi connectivity index (χ0) is 15.8. The average Bonchev–Trinajstić information content (AvgIpc) is 2.33. The molecule has 9 heteroatoms. The van der Waals surface area contributed by atoms with Crippen LogP contribution in [-0.4, -0.2) is 8.42 Å². The largest absolute Gasteiger partial charge is 0.398 e. The van der Waals surface area contributed by atoms with Crippen LogP contribution in [0.5, 0.6) is 0 Å². The van der Waals surface area contributed by atoms with Gasteiger partial charge in [-0.25, -0.2) is 21.6 Å². The number of sulfonamides is 1. The molecular weight excluding hydrogens is 373 g/mol. The molecule has 0 heterocycles. The topological polar surface area (TPSA) is 72.2 Å². The summed E-state index contributed by atoms with van der Waals surface area (Å²) in [4.78, 5) is -0.805. The number of anilines is 2. The molecule has 0 aliphatic heterocycles. The van der Waals surface area contributed by atoms with Gasteiger partial charge in [0.2, 0.25) is 0 Å². The normalized spacial score (nSPS) is 11.4. The molecule has 0 aromatic heterocycles. The Morgan fingerprint density at radius 1 is 1.10 bits per heavy atom. The average molecular weight is 381 g/mol. The van der Waals surface area contributed by atoms with E-state index in [1.165, 1.54) is 12.1 Å². The second-order valence-corrected chi connectivity index (χ2v) is 6.48. The second kappa shape index (κ2) is 5.57. The van der Waals surface area contributed by atoms with Gasteiger partial charge in [0.1, 0.15) is 16.5 Å². The highest BCUT2D eigenvalue weighted by Gasteiger charge is 2.24. The molecule has 0 radical (unpaired) electrons. The molecule has 3 N–H and O–H groups in total. The van der Waals surface area contributed by atoms with Crippen LogP contribution in [0.3, 0.4) is 0 Å². The number of hydrogen-bond donors (Lipinski definition) is 2. The maximum Gasteiger partial charge on any atom is 0.267 e. The summed E-state index contributed by atoms with van der Waals surface area (Å²) in [7, 11) is -4.47. The van der Waals surface area contributed by atoms with E-state index < -0.39 is 38.1 Å². The van der Waals surface area contributed by atoms with E-state index in [1.807, 2.05) is 4.72 Å². The highest BCUT2D eigenvalue weighted by molar-refractivity contribution is 9.10. The maximum atomic E-state index is 13.6. The first kappa shape index (κ1) is 15.6. The lowest BCUT2D eigenvalue weighted by Gasteiger charge is -2.13. The summed E-state index contributed by atoms with van der Waals surface area (Å²) < 4.78 is 66.2. The van der Waals surface area contributed by atoms with Crippen molar-refractivity contribution < 1.29 is 21.6 Å². The first-order chi connectivity index (χ1) is 9.72. The minimum absolute atomic E-state index is 0.168. The van der Waals surface area contributed by atoms with Crippen molar-refractivity contribution >= 4 is 37.3 Å². The Labute approximate surface area is 127 Å². The van der Waals surface area contributed by atoms with Crippen molar-refractivity contribution in [3.05, 3.63) is 52.3 Å². The van der Waals surface area contributed by atoms with Gasteiger partial charge >= 0.3 is 0 Å². The molecule has 0 aliphatic rings. The molecule has 0 saturated carbocycles. The Hall–Kier alpha value is -1.74. The molecule has 2 aromatic rings. The van der Waals surface area contributed by atoms with E-state index in [9.17, 15) is 21.6 Å². The molecule has 2 aromatic carbocycles. The number of halogens is 4. The summed E-state index contributed by atoms with van der Waals surface area (Å²) in [5, 5.41) is 0. The van der Waals surface area contributed by atoms with Crippen molar-refractivity contribution in [2.75, 3.05) is 10.5 Å². The minimum atomic E-state index is -4.47. The molecule has 0 bridgehead atoms. The monoisotopic (exact) mass is 380 g/mol. The quantitative estimate of drug-likeness (QED) is 0.802. The minimum Gasteiger partial charge on any atom is -0.398 e. The van der Waals surface area contributed by atoms with E-state index in [4.69, 9.17) is 5.73 Å². The van der Waals surface area contributed by atoms with Crippen molar-refractivity contribution in [1.29, 1.82) is 0 Å². The van der Waals surface area contributed by atoms with Gasteiger partial charge in [-0.3, -0.25) is 4.72 Å². The second-order valence-electron chi connectivity index (χ2n) is 4.01. The molecule has 21 heavy (non-hydrogen) atoms. The van der Waals surface area contributed by atoms with Gasteiger partial charge < -0.3 is 5.73 Å². The van der Waals surface area contributed by atoms with Crippen LogP contribution in [0.25, 0.3) is 0 Å². The van der Waals surface area contributed by atoms with E-state index in [1.54, 1.807) is 0 Å². The predicted octanol–water partition coefficient (Wildman–Crippen LogP) is 3.25. The van der Waals surface area contributed by atoms with E-state index in [-0.39, 0.29) is 10.2 Å². The third-order valence-electron chi connectivity index (χ3n) is 2.51. The molecule has 0 unspecified atom stereocenters. The molecule has 2 rings (SSSR count). The number of nitrogen functional groups attached to an aromatic ring is 1. The van der Waals surface area contributed by atoms with Gasteiger partial charge in [0, 0.05) is 10.5 Å². The van der Waals surface area contributed by atoms with E-state index >= 15 is 0 Å². The Balaban J connectivity index is 2.53. The molecule has 4 nitrogen and oxygen atoms in total. The van der Waals surface area contributed by atoms with Crippen LogP contribution in [0.4, 0.5) is 24.5 Å². The summed E-state index contributed by atoms with van der Waals surface area (Å²) in [6.45, 7) is 0. The van der Waals surface area contributed by atoms with Crippen LogP contribution >= 0.6 is 15.9 Å². The van der Waals surface area contributed by atoms with E-state index in [0.29, 0.717) is 6.07 Å². The van der Waals surface area contributed by atoms with Crippen LogP contribution in [0.15, 0.2) is 39.7 Å². The summed E-state index contributed by atoms with van der Waals surface area (Å²) in [6.07, 6.45) is 0. The van der Waals surface area contributed by atoms with Crippen molar-refractivity contribution in [2.24, 2.45) is 0 Å². The van der Waals surface area contributed by atoms with Gasteiger partial charge in [-0.2, -0.15) is 0 Å². The van der Waals surface area contributed by atoms with Crippen LogP contribution in [0, 0.1) is 17.5 Å². The van der Waals surface area contributed by atoms with Gasteiger partial charge in [0.25, 0.3) is 10.0 Å². The Kier molecular flexibility index (Phi) is 4.15. The number of nitrogens with two attached hydrogens (primary N) is 1. The molecular formula is C12H8BrF3N2O2S. The van der Waals surface area contributed by atoms with Crippen LogP contribution in [0.2, 0.25) is 0 Å². The number of rotatable bonds is 3. The fourth-order valence-corrected chi connectivity index (χ4v) is 3.55. The van der Waals surface area contributed by atoms with Crippen molar-refractivity contribution in [1.82, 2.24) is 0 Å². The fourth-order valence-electron chi connectivity index (χ4n) is 1.63. The van der Waals surface area contributed by atoms with Crippen LogP contribution in [0.1, 0.15) is 0 Å². The van der Waals surface area contributed by atoms with Crippen molar-refractivity contribution in [3.63, 3.8) is 0 Å². The van der Waals surface area contributed by atoms with Gasteiger partial charge in [0.15, 0.2) is 5.82 Å². The van der Waals surface area contributed by atoms with Gasteiger partial charge in [-0.1, -0.05) is 6.07 Å². The first-order valence-electron chi connectivity index (χ1n) is 5.43. The van der Waals surface area contributed by atoms with Crippen LogP contribution in [-0.2, 0) is 10.0 Å². The van der Waals surface area contributed by atoms with Crippen molar-refractivity contribution in [2.45, 2.75) is 4.90 Å². The van der Waals surface area contributed by atoms with Gasteiger partial charge in [0.05, 0.1) is 11.4 Å². The third-order valence-corrected chi connectivity index (χ3v) is 4.58. The van der Waals surface area contributed by atoms with E-state index in [0.717, 1.165) is 12.1 Å². The van der Waals surface area contributed by atoms with Crippen LogP contribution < -0.4 is 10.5 Å². The highest BCUT2D eigenvalue weighted by atomic mass is 79.9. The van der Waals surface area contributed by atoms with Gasteiger partial charge in [-0.05, 0) is 34.1 Å². The summed E-state index contributed by atoms with van der Waals surface area (Å²) in [6, 6.07) is 4.69. The molecule has 0 saturated heterocycles. The molecule has 0 amide bonds. The predicted molar refractivity (Wildman–Crippen MR) is 75.7 cm³/mol. The summed E-state index contributed by atoms with van der Waals surface area (Å²) in [5.74, 6) is -3.13. The van der Waals surface area contributed by atoms with Crippen molar-refractivity contribution in [3.8, 4) is 0 Å². The Morgan fingerprint density at radius 3 is 2.33 bits per heavy atom. The Bertz CT molecular complexity index is 769. The lowest BCUT2D eigenvalue weighted by atomic mass is 10.3. The number of hydrogen-bond acceptors (Lipinski definition) is 3. The zero-order valence-corrected chi connectivity index (χ0v) is 12.6. The number of benzene rings is 2. The molecule has 0 aliphatic carbocycles. The summed E-state index contributed by atoms with van der Waals surface area (Å²) >= 11 is 2.83. The maximum absolute atomic E-state index is 13.6. The number of nitrogens with one attached hydrogen (secondary N) is 1. The molecule has 0 spiro atoms. The molecule has 0 fully saturated rings. The first-order valence-corrected chi connectivity index (χ1v) is 7.71. The lowest BCUT2D eigenvalue weighted by molar-refractivity contribution is 0.568. The molecule has 112 valence electrons. The lowest BCUT2D eigenvalue weighted by Crippen LogP contribution is -2.17. The molecule has 0 atom stereocenters. The van der Waals surface area contributed by atoms with Gasteiger partial charge in [-0.15, -0.1) is 0 Å². The zero-order valence-electron chi connectivity index (χ0n) is 10.2. The SMILES string of the molecule is Nc1cccc(F)c1S(=O)(=O)Nc1c(F)cc(F)cc1Br. The summed E-state index contributed by atoms with van der Waals surface area (Å²) in [5.41, 5.74) is 4.56. The third kappa shape index (κ3) is 3.13. The van der Waals surface area contributed by atoms with E-state index in [2.05, 4.69) is 15.9 Å². The highest BCUT2D eigenvalue weighted by Crippen LogP contribution is 2.31. The Morgan fingerprint density at radius 2 is 1.76 bits per heavy atom.